The summed E-state index contributed by atoms with van der Waals surface area (Å²) in [6, 6.07) is 8.55. The minimum atomic E-state index is 0.899. The number of nitrogens with one attached hydrogen (secondary N) is 2. The van der Waals surface area contributed by atoms with Gasteiger partial charge in [-0.2, -0.15) is 0 Å². The molecule has 1 aromatic carbocycles. The lowest BCUT2D eigenvalue weighted by Crippen LogP contribution is -2.15. The van der Waals surface area contributed by atoms with Crippen LogP contribution in [0.3, 0.4) is 0 Å². The van der Waals surface area contributed by atoms with Gasteiger partial charge < -0.3 is 10.3 Å². The zero-order valence-electron chi connectivity index (χ0n) is 11.3. The van der Waals surface area contributed by atoms with Crippen LogP contribution in [0.2, 0.25) is 0 Å². The van der Waals surface area contributed by atoms with Gasteiger partial charge in [-0.3, -0.25) is 4.98 Å². The third kappa shape index (κ3) is 3.22. The van der Waals surface area contributed by atoms with Crippen molar-refractivity contribution in [1.82, 2.24) is 20.3 Å². The Hall–Kier alpha value is -2.20. The molecule has 0 bridgehead atoms. The number of hydrogen-bond acceptors (Lipinski definition) is 3. The molecule has 0 saturated heterocycles. The molecule has 0 aliphatic carbocycles. The number of nitrogens with zero attached hydrogens (tertiary/aromatic N) is 2. The second-order valence-electron chi connectivity index (χ2n) is 4.87. The van der Waals surface area contributed by atoms with Crippen LogP contribution < -0.4 is 5.32 Å². The molecule has 0 amide bonds. The van der Waals surface area contributed by atoms with Crippen LogP contribution in [0.4, 0.5) is 0 Å². The molecule has 4 nitrogen and oxygen atoms in total. The van der Waals surface area contributed by atoms with Crippen molar-refractivity contribution in [2.45, 2.75) is 19.4 Å². The maximum Gasteiger partial charge on any atom is 0.106 e. The van der Waals surface area contributed by atoms with Gasteiger partial charge in [-0.05, 0) is 36.0 Å². The van der Waals surface area contributed by atoms with Crippen molar-refractivity contribution in [3.63, 3.8) is 0 Å². The number of H-pyrrole nitrogens is 1. The van der Waals surface area contributed by atoms with E-state index >= 15 is 0 Å². The minimum absolute atomic E-state index is 0.899. The standard InChI is InChI=1S/C16H18N4/c1(2-16-19-8-9-20-16)6-17-11-13-3-4-15-12-18-7-5-14(15)10-13/h3-5,7-10,12,17H,1-2,6,11H2,(H,19,20). The van der Waals surface area contributed by atoms with Crippen molar-refractivity contribution < 1.29 is 0 Å². The molecule has 0 radical (unpaired) electrons. The van der Waals surface area contributed by atoms with Crippen molar-refractivity contribution in [1.29, 1.82) is 0 Å². The van der Waals surface area contributed by atoms with Gasteiger partial charge in [0, 0.05) is 43.1 Å². The predicted molar refractivity (Wildman–Crippen MR) is 80.4 cm³/mol. The van der Waals surface area contributed by atoms with Gasteiger partial charge >= 0.3 is 0 Å². The number of imidazole rings is 1. The van der Waals surface area contributed by atoms with Crippen molar-refractivity contribution in [2.75, 3.05) is 6.54 Å². The monoisotopic (exact) mass is 266 g/mol. The minimum Gasteiger partial charge on any atom is -0.349 e. The topological polar surface area (TPSA) is 53.6 Å². The summed E-state index contributed by atoms with van der Waals surface area (Å²) in [5, 5.41) is 5.91. The lowest BCUT2D eigenvalue weighted by Gasteiger charge is -2.05. The Bertz CT molecular complexity index is 661. The molecule has 0 atom stereocenters. The van der Waals surface area contributed by atoms with Gasteiger partial charge in [0.1, 0.15) is 5.82 Å². The number of benzene rings is 1. The molecule has 0 unspecified atom stereocenters. The van der Waals surface area contributed by atoms with Crippen LogP contribution in [0.1, 0.15) is 17.8 Å². The van der Waals surface area contributed by atoms with Crippen LogP contribution in [-0.2, 0) is 13.0 Å². The van der Waals surface area contributed by atoms with E-state index in [9.17, 15) is 0 Å². The molecular weight excluding hydrogens is 248 g/mol. The Kier molecular flexibility index (Phi) is 4.04. The van der Waals surface area contributed by atoms with Gasteiger partial charge in [0.15, 0.2) is 0 Å². The summed E-state index contributed by atoms with van der Waals surface area (Å²) in [4.78, 5) is 11.5. The van der Waals surface area contributed by atoms with Crippen molar-refractivity contribution >= 4 is 10.8 Å². The summed E-state index contributed by atoms with van der Waals surface area (Å²) in [6.45, 7) is 1.89. The second-order valence-corrected chi connectivity index (χ2v) is 4.87. The third-order valence-electron chi connectivity index (χ3n) is 3.36. The fraction of sp³-hybridized carbons (Fsp3) is 0.250. The molecule has 3 aromatic rings. The van der Waals surface area contributed by atoms with E-state index in [4.69, 9.17) is 0 Å². The average molecular weight is 266 g/mol. The zero-order valence-corrected chi connectivity index (χ0v) is 11.3. The van der Waals surface area contributed by atoms with Crippen LogP contribution in [-0.4, -0.2) is 21.5 Å². The molecule has 0 fully saturated rings. The highest BCUT2D eigenvalue weighted by atomic mass is 14.9. The highest BCUT2D eigenvalue weighted by Crippen LogP contribution is 2.14. The molecule has 20 heavy (non-hydrogen) atoms. The first-order chi connectivity index (χ1) is 9.92. The lowest BCUT2D eigenvalue weighted by atomic mass is 10.1. The average Bonchev–Trinajstić information content (AvgIpc) is 3.00. The number of hydrogen-bond donors (Lipinski definition) is 2. The van der Waals surface area contributed by atoms with Gasteiger partial charge in [-0.15, -0.1) is 0 Å². The summed E-state index contributed by atoms with van der Waals surface area (Å²) in [6.07, 6.45) is 9.48. The fourth-order valence-electron chi connectivity index (χ4n) is 2.29. The van der Waals surface area contributed by atoms with Crippen LogP contribution >= 0.6 is 0 Å². The Morgan fingerprint density at radius 2 is 2.10 bits per heavy atom. The fourth-order valence-corrected chi connectivity index (χ4v) is 2.29. The molecular formula is C16H18N4. The van der Waals surface area contributed by atoms with E-state index < -0.39 is 0 Å². The van der Waals surface area contributed by atoms with Gasteiger partial charge in [-0.25, -0.2) is 4.98 Å². The lowest BCUT2D eigenvalue weighted by molar-refractivity contribution is 0.641. The second kappa shape index (κ2) is 6.30. The van der Waals surface area contributed by atoms with Crippen LogP contribution in [0.15, 0.2) is 49.1 Å². The molecule has 3 rings (SSSR count). The van der Waals surface area contributed by atoms with E-state index in [1.165, 1.54) is 16.3 Å². The number of pyridine rings is 1. The Morgan fingerprint density at radius 1 is 1.10 bits per heavy atom. The Labute approximate surface area is 118 Å². The van der Waals surface area contributed by atoms with E-state index in [1.54, 1.807) is 6.20 Å². The van der Waals surface area contributed by atoms with Crippen LogP contribution in [0.25, 0.3) is 10.8 Å². The quantitative estimate of drug-likeness (QED) is 0.674. The van der Waals surface area contributed by atoms with Gasteiger partial charge in [-0.1, -0.05) is 12.1 Å². The van der Waals surface area contributed by atoms with E-state index in [1.807, 2.05) is 18.6 Å². The number of rotatable bonds is 6. The SMILES string of the molecule is c1cc2cc(CNCCCc3ncc[nH]3)ccc2cn1. The molecule has 2 heterocycles. The van der Waals surface area contributed by atoms with E-state index in [-0.39, 0.29) is 0 Å². The largest absolute Gasteiger partial charge is 0.349 e. The van der Waals surface area contributed by atoms with Gasteiger partial charge in [0.05, 0.1) is 0 Å². The number of aromatic nitrogens is 3. The third-order valence-corrected chi connectivity index (χ3v) is 3.36. The molecule has 2 aromatic heterocycles. The highest BCUT2D eigenvalue weighted by Gasteiger charge is 1.97. The molecule has 0 spiro atoms. The number of fused-ring (bicyclic) bond motifs is 1. The first-order valence-electron chi connectivity index (χ1n) is 6.93. The summed E-state index contributed by atoms with van der Waals surface area (Å²) < 4.78 is 0. The normalized spacial score (nSPS) is 11.0. The molecule has 102 valence electrons. The number of aryl methyl sites for hydroxylation is 1. The Balaban J connectivity index is 1.47. The highest BCUT2D eigenvalue weighted by molar-refractivity contribution is 5.81. The number of aromatic amines is 1. The van der Waals surface area contributed by atoms with Gasteiger partial charge in [0.25, 0.3) is 0 Å². The maximum atomic E-state index is 4.22. The van der Waals surface area contributed by atoms with E-state index in [2.05, 4.69) is 44.5 Å². The summed E-state index contributed by atoms with van der Waals surface area (Å²) in [7, 11) is 0. The van der Waals surface area contributed by atoms with Crippen LogP contribution in [0, 0.1) is 0 Å². The molecule has 0 aliphatic rings. The summed E-state index contributed by atoms with van der Waals surface area (Å²) in [5.74, 6) is 1.06. The molecule has 4 heteroatoms. The maximum absolute atomic E-state index is 4.22. The van der Waals surface area contributed by atoms with Crippen molar-refractivity contribution in [3.8, 4) is 0 Å². The first-order valence-corrected chi connectivity index (χ1v) is 6.93. The molecule has 0 aliphatic heterocycles. The zero-order chi connectivity index (χ0) is 13.6. The van der Waals surface area contributed by atoms with E-state index in [0.29, 0.717) is 0 Å². The van der Waals surface area contributed by atoms with E-state index in [0.717, 1.165) is 31.8 Å². The summed E-state index contributed by atoms with van der Waals surface area (Å²) >= 11 is 0. The van der Waals surface area contributed by atoms with Crippen molar-refractivity contribution in [3.05, 3.63) is 60.4 Å². The summed E-state index contributed by atoms with van der Waals surface area (Å²) in [5.41, 5.74) is 1.31. The smallest absolute Gasteiger partial charge is 0.106 e. The first kappa shape index (κ1) is 12.8. The van der Waals surface area contributed by atoms with Crippen molar-refractivity contribution in [2.24, 2.45) is 0 Å². The predicted octanol–water partition coefficient (Wildman–Crippen LogP) is 2.68. The van der Waals surface area contributed by atoms with Gasteiger partial charge in [0.2, 0.25) is 0 Å². The Morgan fingerprint density at radius 3 is 3.00 bits per heavy atom. The molecule has 2 N–H and O–H groups in total. The molecule has 0 saturated carbocycles. The van der Waals surface area contributed by atoms with Crippen LogP contribution in [0.5, 0.6) is 0 Å².